The van der Waals surface area contributed by atoms with Crippen LogP contribution in [0.3, 0.4) is 0 Å². The molecular weight excluding hydrogens is 300 g/mol. The second kappa shape index (κ2) is 7.23. The Hall–Kier alpha value is 0.130. The first kappa shape index (κ1) is 15.5. The third-order valence-electron chi connectivity index (χ3n) is 3.15. The average Bonchev–Trinajstić information content (AvgIpc) is 3.18. The van der Waals surface area contributed by atoms with Crippen LogP contribution in [-0.2, 0) is 4.74 Å². The van der Waals surface area contributed by atoms with Crippen LogP contribution in [0.15, 0.2) is 24.3 Å². The van der Waals surface area contributed by atoms with Gasteiger partial charge in [0.25, 0.3) is 0 Å². The molecule has 1 fully saturated rings. The highest BCUT2D eigenvalue weighted by molar-refractivity contribution is 7.98. The number of hydrogen-bond donors (Lipinski definition) is 1. The summed E-state index contributed by atoms with van der Waals surface area (Å²) in [4.78, 5) is 0. The van der Waals surface area contributed by atoms with E-state index in [-0.39, 0.29) is 11.5 Å². The molecule has 1 aliphatic heterocycles. The first-order chi connectivity index (χ1) is 9.17. The van der Waals surface area contributed by atoms with Crippen LogP contribution >= 0.6 is 35.1 Å². The molecule has 1 heterocycles. The van der Waals surface area contributed by atoms with Crippen molar-refractivity contribution in [2.24, 2.45) is 0 Å². The number of benzene rings is 1. The van der Waals surface area contributed by atoms with Crippen molar-refractivity contribution in [1.82, 2.24) is 0 Å². The Labute approximate surface area is 128 Å². The lowest BCUT2D eigenvalue weighted by atomic mass is 10.0. The molecule has 4 unspecified atom stereocenters. The quantitative estimate of drug-likeness (QED) is 0.616. The van der Waals surface area contributed by atoms with Crippen molar-refractivity contribution in [3.63, 3.8) is 0 Å². The third-order valence-corrected chi connectivity index (χ3v) is 5.03. The van der Waals surface area contributed by atoms with E-state index in [2.05, 4.69) is 18.4 Å². The lowest BCUT2D eigenvalue weighted by Gasteiger charge is -2.16. The Balaban J connectivity index is 2.03. The molecule has 0 radical (unpaired) electrons. The molecule has 2 rings (SSSR count). The minimum absolute atomic E-state index is 0.203. The van der Waals surface area contributed by atoms with Crippen LogP contribution < -0.4 is 0 Å². The molecule has 1 aromatic rings. The summed E-state index contributed by atoms with van der Waals surface area (Å²) in [7, 11) is 0. The van der Waals surface area contributed by atoms with Gasteiger partial charge in [-0.3, -0.25) is 0 Å². The van der Waals surface area contributed by atoms with E-state index < -0.39 is 6.10 Å². The molecule has 1 aromatic carbocycles. The minimum atomic E-state index is -0.519. The highest BCUT2D eigenvalue weighted by Crippen LogP contribution is 2.41. The zero-order chi connectivity index (χ0) is 13.8. The molecule has 1 aliphatic rings. The van der Waals surface area contributed by atoms with Crippen molar-refractivity contribution in [3.8, 4) is 0 Å². The molecule has 106 valence electrons. The second-order valence-electron chi connectivity index (χ2n) is 4.65. The summed E-state index contributed by atoms with van der Waals surface area (Å²) in [5, 5.41) is 9.61. The summed E-state index contributed by atoms with van der Waals surface area (Å²) >= 11 is 9.72. The predicted octanol–water partition coefficient (Wildman–Crippen LogP) is 3.49. The lowest BCUT2D eigenvalue weighted by molar-refractivity contribution is 0.194. The number of alkyl halides is 1. The average molecular weight is 319 g/mol. The first-order valence-electron chi connectivity index (χ1n) is 6.22. The maximum Gasteiger partial charge on any atom is 0.110 e. The number of hydrogen-bond acceptors (Lipinski definition) is 4. The van der Waals surface area contributed by atoms with E-state index in [0.29, 0.717) is 11.9 Å². The van der Waals surface area contributed by atoms with Gasteiger partial charge in [0.1, 0.15) is 6.10 Å². The summed E-state index contributed by atoms with van der Waals surface area (Å²) in [6, 6.07) is 8.09. The van der Waals surface area contributed by atoms with Gasteiger partial charge >= 0.3 is 0 Å². The number of thioether (sulfide) groups is 2. The molecule has 5 heteroatoms. The Kier molecular flexibility index (Phi) is 5.90. The van der Waals surface area contributed by atoms with Gasteiger partial charge in [0.2, 0.25) is 0 Å². The molecule has 1 saturated heterocycles. The molecule has 0 spiro atoms. The number of ether oxygens (including phenoxy) is 1. The Bertz CT molecular complexity index is 416. The van der Waals surface area contributed by atoms with E-state index in [9.17, 15) is 5.11 Å². The molecule has 0 aromatic heterocycles. The molecule has 19 heavy (non-hydrogen) atoms. The highest BCUT2D eigenvalue weighted by Gasteiger charge is 2.39. The number of aliphatic hydroxyl groups excluding tert-OH is 1. The molecular formula is C14H19ClO2S2. The summed E-state index contributed by atoms with van der Waals surface area (Å²) in [5.74, 6) is 1.67. The second-order valence-corrected chi connectivity index (χ2v) is 6.94. The van der Waals surface area contributed by atoms with Crippen LogP contribution in [0.4, 0.5) is 0 Å². The van der Waals surface area contributed by atoms with Gasteiger partial charge in [-0.2, -0.15) is 23.5 Å². The van der Waals surface area contributed by atoms with Gasteiger partial charge in [-0.1, -0.05) is 24.3 Å². The van der Waals surface area contributed by atoms with Gasteiger partial charge in [0.15, 0.2) is 0 Å². The van der Waals surface area contributed by atoms with Gasteiger partial charge < -0.3 is 9.84 Å². The van der Waals surface area contributed by atoms with Gasteiger partial charge in [-0.05, 0) is 23.6 Å². The maximum atomic E-state index is 9.97. The SMILES string of the molecule is CSCC(O)C(Cl)c1cccc(C2OC2CSC)c1. The number of halogens is 1. The molecule has 4 atom stereocenters. The van der Waals surface area contributed by atoms with Gasteiger partial charge in [0, 0.05) is 11.5 Å². The summed E-state index contributed by atoms with van der Waals surface area (Å²) in [6.45, 7) is 0. The topological polar surface area (TPSA) is 32.8 Å². The van der Waals surface area contributed by atoms with E-state index >= 15 is 0 Å². The zero-order valence-electron chi connectivity index (χ0n) is 11.1. The fourth-order valence-electron chi connectivity index (χ4n) is 2.11. The van der Waals surface area contributed by atoms with Crippen LogP contribution in [0.1, 0.15) is 22.6 Å². The van der Waals surface area contributed by atoms with Gasteiger partial charge in [0.05, 0.1) is 17.6 Å². The normalized spacial score (nSPS) is 25.1. The van der Waals surface area contributed by atoms with Crippen molar-refractivity contribution in [2.45, 2.75) is 23.7 Å². The van der Waals surface area contributed by atoms with E-state index in [0.717, 1.165) is 11.3 Å². The molecule has 0 bridgehead atoms. The summed E-state index contributed by atoms with van der Waals surface area (Å²) in [5.41, 5.74) is 2.14. The zero-order valence-corrected chi connectivity index (χ0v) is 13.5. The third kappa shape index (κ3) is 4.05. The van der Waals surface area contributed by atoms with Gasteiger partial charge in [-0.25, -0.2) is 0 Å². The fourth-order valence-corrected chi connectivity index (χ4v) is 3.56. The van der Waals surface area contributed by atoms with Crippen LogP contribution in [0.25, 0.3) is 0 Å². The van der Waals surface area contributed by atoms with Gasteiger partial charge in [-0.15, -0.1) is 11.6 Å². The first-order valence-corrected chi connectivity index (χ1v) is 9.45. The largest absolute Gasteiger partial charge is 0.390 e. The molecule has 1 N–H and O–H groups in total. The van der Waals surface area contributed by atoms with Crippen LogP contribution in [0, 0.1) is 0 Å². The van der Waals surface area contributed by atoms with E-state index in [4.69, 9.17) is 16.3 Å². The molecule has 0 amide bonds. The monoisotopic (exact) mass is 318 g/mol. The minimum Gasteiger partial charge on any atom is -0.390 e. The lowest BCUT2D eigenvalue weighted by Crippen LogP contribution is -2.16. The Morgan fingerprint density at radius 1 is 1.37 bits per heavy atom. The number of epoxide rings is 1. The predicted molar refractivity (Wildman–Crippen MR) is 85.4 cm³/mol. The van der Waals surface area contributed by atoms with Crippen LogP contribution in [0.2, 0.25) is 0 Å². The number of aliphatic hydroxyl groups is 1. The summed E-state index contributed by atoms with van der Waals surface area (Å²) in [6.07, 6.45) is 4.06. The van der Waals surface area contributed by atoms with E-state index in [1.807, 2.05) is 18.4 Å². The van der Waals surface area contributed by atoms with Crippen molar-refractivity contribution in [1.29, 1.82) is 0 Å². The van der Waals surface area contributed by atoms with Crippen molar-refractivity contribution in [3.05, 3.63) is 35.4 Å². The maximum absolute atomic E-state index is 9.97. The van der Waals surface area contributed by atoms with Crippen molar-refractivity contribution >= 4 is 35.1 Å². The molecule has 0 aliphatic carbocycles. The van der Waals surface area contributed by atoms with Crippen LogP contribution in [0.5, 0.6) is 0 Å². The summed E-state index contributed by atoms with van der Waals surface area (Å²) < 4.78 is 5.66. The standard InChI is InChI=1S/C14H19ClO2S2/c1-18-7-11(16)13(15)9-4-3-5-10(6-9)14-12(17-14)8-19-2/h3-6,11-14,16H,7-8H2,1-2H3. The van der Waals surface area contributed by atoms with Crippen molar-refractivity contribution in [2.75, 3.05) is 24.0 Å². The molecule has 2 nitrogen and oxygen atoms in total. The van der Waals surface area contributed by atoms with E-state index in [1.54, 1.807) is 23.5 Å². The Morgan fingerprint density at radius 3 is 2.84 bits per heavy atom. The van der Waals surface area contributed by atoms with Crippen molar-refractivity contribution < 1.29 is 9.84 Å². The van der Waals surface area contributed by atoms with Crippen LogP contribution in [-0.4, -0.2) is 41.3 Å². The molecule has 0 saturated carbocycles. The fraction of sp³-hybridized carbons (Fsp3) is 0.571. The van der Waals surface area contributed by atoms with E-state index in [1.165, 1.54) is 5.56 Å². The highest BCUT2D eigenvalue weighted by atomic mass is 35.5. The Morgan fingerprint density at radius 2 is 2.16 bits per heavy atom. The number of rotatable bonds is 7. The smallest absolute Gasteiger partial charge is 0.110 e.